The standard InChI is InChI=1S/C17H17N7/c1-23-12-18-11-14(23)9-10-19-15-7-8-16-20-21-17(24(16)22-15)13-5-3-2-4-6-13/h2-8,11-12H,9-10H2,1H3,(H,19,22). The van der Waals surface area contributed by atoms with Crippen LogP contribution in [-0.2, 0) is 13.5 Å². The molecule has 0 saturated heterocycles. The summed E-state index contributed by atoms with van der Waals surface area (Å²) in [5, 5.41) is 16.4. The molecule has 0 spiro atoms. The van der Waals surface area contributed by atoms with Crippen molar-refractivity contribution >= 4 is 11.5 Å². The minimum atomic E-state index is 0.728. The topological polar surface area (TPSA) is 72.9 Å². The highest BCUT2D eigenvalue weighted by Gasteiger charge is 2.09. The Balaban J connectivity index is 1.55. The Morgan fingerprint density at radius 2 is 1.92 bits per heavy atom. The molecule has 3 aromatic heterocycles. The molecule has 1 N–H and O–H groups in total. The monoisotopic (exact) mass is 319 g/mol. The number of rotatable bonds is 5. The summed E-state index contributed by atoms with van der Waals surface area (Å²) in [7, 11) is 2.00. The van der Waals surface area contributed by atoms with Crippen LogP contribution >= 0.6 is 0 Å². The maximum Gasteiger partial charge on any atom is 0.185 e. The van der Waals surface area contributed by atoms with Crippen molar-refractivity contribution in [1.29, 1.82) is 0 Å². The highest BCUT2D eigenvalue weighted by molar-refractivity contribution is 5.59. The summed E-state index contributed by atoms with van der Waals surface area (Å²) in [6, 6.07) is 13.8. The molecule has 0 atom stereocenters. The summed E-state index contributed by atoms with van der Waals surface area (Å²) < 4.78 is 3.79. The molecule has 0 aliphatic rings. The van der Waals surface area contributed by atoms with E-state index in [2.05, 4.69) is 25.6 Å². The van der Waals surface area contributed by atoms with E-state index < -0.39 is 0 Å². The van der Waals surface area contributed by atoms with E-state index >= 15 is 0 Å². The summed E-state index contributed by atoms with van der Waals surface area (Å²) in [6.07, 6.45) is 4.57. The SMILES string of the molecule is Cn1cncc1CCNc1ccc2nnc(-c3ccccc3)n2n1. The molecule has 120 valence electrons. The van der Waals surface area contributed by atoms with E-state index in [1.165, 1.54) is 5.69 Å². The summed E-state index contributed by atoms with van der Waals surface area (Å²) in [5.74, 6) is 1.53. The Labute approximate surface area is 139 Å². The number of hydrogen-bond donors (Lipinski definition) is 1. The Bertz CT molecular complexity index is 955. The predicted molar refractivity (Wildman–Crippen MR) is 91.6 cm³/mol. The third-order valence-corrected chi connectivity index (χ3v) is 3.90. The van der Waals surface area contributed by atoms with Crippen LogP contribution in [-0.4, -0.2) is 35.9 Å². The van der Waals surface area contributed by atoms with Gasteiger partial charge in [-0.25, -0.2) is 4.98 Å². The van der Waals surface area contributed by atoms with Gasteiger partial charge in [0, 0.05) is 37.5 Å². The maximum atomic E-state index is 4.61. The molecule has 0 fully saturated rings. The van der Waals surface area contributed by atoms with Gasteiger partial charge in [0.05, 0.1) is 6.33 Å². The van der Waals surface area contributed by atoms with Crippen LogP contribution in [0.4, 0.5) is 5.82 Å². The average molecular weight is 319 g/mol. The number of benzene rings is 1. The van der Waals surface area contributed by atoms with Gasteiger partial charge in [0.1, 0.15) is 5.82 Å². The van der Waals surface area contributed by atoms with E-state index in [1.54, 1.807) is 4.52 Å². The molecular formula is C17H17N7. The van der Waals surface area contributed by atoms with Gasteiger partial charge in [-0.05, 0) is 12.1 Å². The van der Waals surface area contributed by atoms with Crippen LogP contribution in [0.15, 0.2) is 55.0 Å². The first-order chi connectivity index (χ1) is 11.8. The van der Waals surface area contributed by atoms with E-state index in [0.29, 0.717) is 0 Å². The number of anilines is 1. The van der Waals surface area contributed by atoms with Crippen molar-refractivity contribution in [2.75, 3.05) is 11.9 Å². The van der Waals surface area contributed by atoms with E-state index in [4.69, 9.17) is 0 Å². The van der Waals surface area contributed by atoms with Crippen LogP contribution in [0.5, 0.6) is 0 Å². The third kappa shape index (κ3) is 2.71. The Kier molecular flexibility index (Phi) is 3.66. The lowest BCUT2D eigenvalue weighted by Crippen LogP contribution is -2.10. The first-order valence-corrected chi connectivity index (χ1v) is 7.78. The fourth-order valence-corrected chi connectivity index (χ4v) is 2.59. The summed E-state index contributed by atoms with van der Waals surface area (Å²) in [4.78, 5) is 4.13. The van der Waals surface area contributed by atoms with E-state index in [0.717, 1.165) is 35.8 Å². The van der Waals surface area contributed by atoms with Gasteiger partial charge >= 0.3 is 0 Å². The third-order valence-electron chi connectivity index (χ3n) is 3.90. The summed E-state index contributed by atoms with van der Waals surface area (Å²) in [5.41, 5.74) is 2.90. The van der Waals surface area contributed by atoms with Gasteiger partial charge in [-0.2, -0.15) is 4.52 Å². The number of fused-ring (bicyclic) bond motifs is 1. The van der Waals surface area contributed by atoms with Crippen LogP contribution in [0, 0.1) is 0 Å². The molecule has 0 aliphatic carbocycles. The van der Waals surface area contributed by atoms with Crippen LogP contribution < -0.4 is 5.32 Å². The van der Waals surface area contributed by atoms with Crippen molar-refractivity contribution in [3.05, 3.63) is 60.7 Å². The van der Waals surface area contributed by atoms with Crippen LogP contribution in [0.2, 0.25) is 0 Å². The lowest BCUT2D eigenvalue weighted by atomic mass is 10.2. The van der Waals surface area contributed by atoms with Crippen molar-refractivity contribution in [2.24, 2.45) is 7.05 Å². The van der Waals surface area contributed by atoms with Crippen LogP contribution in [0.1, 0.15) is 5.69 Å². The second-order valence-corrected chi connectivity index (χ2v) is 5.55. The first kappa shape index (κ1) is 14.4. The highest BCUT2D eigenvalue weighted by atomic mass is 15.4. The quantitative estimate of drug-likeness (QED) is 0.610. The van der Waals surface area contributed by atoms with Crippen molar-refractivity contribution < 1.29 is 0 Å². The van der Waals surface area contributed by atoms with Crippen molar-refractivity contribution in [3.8, 4) is 11.4 Å². The van der Waals surface area contributed by atoms with Gasteiger partial charge < -0.3 is 9.88 Å². The first-order valence-electron chi connectivity index (χ1n) is 7.78. The number of nitrogens with one attached hydrogen (secondary N) is 1. The second-order valence-electron chi connectivity index (χ2n) is 5.55. The van der Waals surface area contributed by atoms with Crippen molar-refractivity contribution in [3.63, 3.8) is 0 Å². The number of aromatic nitrogens is 6. The van der Waals surface area contributed by atoms with Gasteiger partial charge in [-0.15, -0.1) is 15.3 Å². The fourth-order valence-electron chi connectivity index (χ4n) is 2.59. The van der Waals surface area contributed by atoms with Crippen LogP contribution in [0.3, 0.4) is 0 Å². The minimum Gasteiger partial charge on any atom is -0.368 e. The second kappa shape index (κ2) is 6.11. The average Bonchev–Trinajstić information content (AvgIpc) is 3.22. The molecule has 7 heteroatoms. The molecule has 0 saturated carbocycles. The number of imidazole rings is 1. The molecule has 0 radical (unpaired) electrons. The molecule has 0 aliphatic heterocycles. The minimum absolute atomic E-state index is 0.728. The molecule has 0 amide bonds. The lowest BCUT2D eigenvalue weighted by molar-refractivity contribution is 0.812. The Morgan fingerprint density at radius 1 is 1.04 bits per heavy atom. The largest absolute Gasteiger partial charge is 0.368 e. The van der Waals surface area contributed by atoms with Gasteiger partial charge in [0.25, 0.3) is 0 Å². The molecule has 0 bridgehead atoms. The fraction of sp³-hybridized carbons (Fsp3) is 0.176. The van der Waals surface area contributed by atoms with E-state index in [1.807, 2.05) is 66.6 Å². The zero-order valence-corrected chi connectivity index (χ0v) is 13.3. The lowest BCUT2D eigenvalue weighted by Gasteiger charge is -2.07. The molecule has 1 aromatic carbocycles. The zero-order valence-electron chi connectivity index (χ0n) is 13.3. The predicted octanol–water partition coefficient (Wildman–Crippen LogP) is 2.18. The van der Waals surface area contributed by atoms with Crippen LogP contribution in [0.25, 0.3) is 17.0 Å². The van der Waals surface area contributed by atoms with Gasteiger partial charge in [0.15, 0.2) is 11.5 Å². The molecule has 0 unspecified atom stereocenters. The van der Waals surface area contributed by atoms with Gasteiger partial charge in [-0.3, -0.25) is 0 Å². The summed E-state index contributed by atoms with van der Waals surface area (Å²) in [6.45, 7) is 0.779. The van der Waals surface area contributed by atoms with E-state index in [-0.39, 0.29) is 0 Å². The molecule has 3 heterocycles. The Morgan fingerprint density at radius 3 is 2.71 bits per heavy atom. The molecule has 4 rings (SSSR count). The molecule has 7 nitrogen and oxygen atoms in total. The normalized spacial score (nSPS) is 11.0. The Hall–Kier alpha value is -3.22. The smallest absolute Gasteiger partial charge is 0.185 e. The molecule has 24 heavy (non-hydrogen) atoms. The molecule has 4 aromatic rings. The number of aryl methyl sites for hydroxylation is 1. The highest BCUT2D eigenvalue weighted by Crippen LogP contribution is 2.17. The maximum absolute atomic E-state index is 4.61. The van der Waals surface area contributed by atoms with Crippen molar-refractivity contribution in [1.82, 2.24) is 29.4 Å². The van der Waals surface area contributed by atoms with Gasteiger partial charge in [0.2, 0.25) is 0 Å². The van der Waals surface area contributed by atoms with E-state index in [9.17, 15) is 0 Å². The van der Waals surface area contributed by atoms with Crippen molar-refractivity contribution in [2.45, 2.75) is 6.42 Å². The number of nitrogens with zero attached hydrogens (tertiary/aromatic N) is 6. The van der Waals surface area contributed by atoms with Gasteiger partial charge in [-0.1, -0.05) is 30.3 Å². The summed E-state index contributed by atoms with van der Waals surface area (Å²) >= 11 is 0. The number of hydrogen-bond acceptors (Lipinski definition) is 5. The molecular weight excluding hydrogens is 302 g/mol. The zero-order chi connectivity index (χ0) is 16.4.